The van der Waals surface area contributed by atoms with E-state index in [-0.39, 0.29) is 18.0 Å². The maximum atomic E-state index is 12.8. The molecule has 1 aliphatic heterocycles. The van der Waals surface area contributed by atoms with Crippen molar-refractivity contribution in [3.63, 3.8) is 0 Å². The molecule has 0 spiro atoms. The second-order valence-corrected chi connectivity index (χ2v) is 9.38. The van der Waals surface area contributed by atoms with Crippen LogP contribution in [0.3, 0.4) is 0 Å². The van der Waals surface area contributed by atoms with Gasteiger partial charge in [-0.05, 0) is 55.0 Å². The van der Waals surface area contributed by atoms with E-state index in [0.29, 0.717) is 25.4 Å². The van der Waals surface area contributed by atoms with Gasteiger partial charge in [-0.25, -0.2) is 4.79 Å². The minimum Gasteiger partial charge on any atom is -0.353 e. The van der Waals surface area contributed by atoms with Gasteiger partial charge in [0.2, 0.25) is 5.91 Å². The molecule has 1 aliphatic rings. The molecule has 1 aromatic heterocycles. The molecular formula is C27H34N4O2. The van der Waals surface area contributed by atoms with Gasteiger partial charge < -0.3 is 20.1 Å². The first-order chi connectivity index (χ1) is 16.0. The number of amides is 3. The SMILES string of the molecule is CC(C)Cn1ccc2cc(NC(=O)N3CCC(NC(=O)CCc4ccccc4)CC3)ccc21. The summed E-state index contributed by atoms with van der Waals surface area (Å²) in [7, 11) is 0. The lowest BCUT2D eigenvalue weighted by Gasteiger charge is -2.32. The van der Waals surface area contributed by atoms with Crippen LogP contribution in [0.2, 0.25) is 0 Å². The van der Waals surface area contributed by atoms with Crippen molar-refractivity contribution in [3.05, 3.63) is 66.4 Å². The summed E-state index contributed by atoms with van der Waals surface area (Å²) in [5, 5.41) is 7.30. The van der Waals surface area contributed by atoms with Gasteiger partial charge in [-0.15, -0.1) is 0 Å². The number of aromatic nitrogens is 1. The van der Waals surface area contributed by atoms with E-state index >= 15 is 0 Å². The normalized spacial score (nSPS) is 14.6. The van der Waals surface area contributed by atoms with Gasteiger partial charge in [0.25, 0.3) is 0 Å². The lowest BCUT2D eigenvalue weighted by atomic mass is 10.0. The Balaban J connectivity index is 1.23. The smallest absolute Gasteiger partial charge is 0.321 e. The quantitative estimate of drug-likeness (QED) is 0.534. The second kappa shape index (κ2) is 10.6. The monoisotopic (exact) mass is 446 g/mol. The minimum atomic E-state index is -0.0789. The molecule has 0 atom stereocenters. The number of aryl methyl sites for hydroxylation is 1. The van der Waals surface area contributed by atoms with E-state index in [1.807, 2.05) is 47.4 Å². The summed E-state index contributed by atoms with van der Waals surface area (Å²) >= 11 is 0. The van der Waals surface area contributed by atoms with Crippen molar-refractivity contribution >= 4 is 28.5 Å². The van der Waals surface area contributed by atoms with Gasteiger partial charge >= 0.3 is 6.03 Å². The van der Waals surface area contributed by atoms with Gasteiger partial charge in [0.05, 0.1) is 0 Å². The number of nitrogens with one attached hydrogen (secondary N) is 2. The largest absolute Gasteiger partial charge is 0.353 e. The van der Waals surface area contributed by atoms with Crippen LogP contribution in [-0.2, 0) is 17.8 Å². The number of benzene rings is 2. The Morgan fingerprint density at radius 1 is 1.03 bits per heavy atom. The van der Waals surface area contributed by atoms with Crippen LogP contribution in [0.5, 0.6) is 0 Å². The molecular weight excluding hydrogens is 412 g/mol. The molecule has 4 rings (SSSR count). The Morgan fingerprint density at radius 3 is 2.52 bits per heavy atom. The Bertz CT molecular complexity index is 1080. The van der Waals surface area contributed by atoms with E-state index in [1.165, 1.54) is 11.1 Å². The number of piperidine rings is 1. The number of hydrogen-bond donors (Lipinski definition) is 2. The Kier molecular flexibility index (Phi) is 7.33. The summed E-state index contributed by atoms with van der Waals surface area (Å²) in [5.74, 6) is 0.663. The summed E-state index contributed by atoms with van der Waals surface area (Å²) in [6, 6.07) is 18.3. The van der Waals surface area contributed by atoms with Crippen molar-refractivity contribution < 1.29 is 9.59 Å². The molecule has 0 radical (unpaired) electrons. The van der Waals surface area contributed by atoms with Crippen LogP contribution in [0.1, 0.15) is 38.7 Å². The molecule has 6 nitrogen and oxygen atoms in total. The lowest BCUT2D eigenvalue weighted by molar-refractivity contribution is -0.122. The molecule has 174 valence electrons. The number of hydrogen-bond acceptors (Lipinski definition) is 2. The van der Waals surface area contributed by atoms with E-state index in [1.54, 1.807) is 0 Å². The predicted molar refractivity (Wildman–Crippen MR) is 133 cm³/mol. The summed E-state index contributed by atoms with van der Waals surface area (Å²) in [6.45, 7) is 6.68. The van der Waals surface area contributed by atoms with Crippen molar-refractivity contribution in [1.82, 2.24) is 14.8 Å². The van der Waals surface area contributed by atoms with Crippen LogP contribution < -0.4 is 10.6 Å². The highest BCUT2D eigenvalue weighted by Crippen LogP contribution is 2.22. The second-order valence-electron chi connectivity index (χ2n) is 9.38. The zero-order chi connectivity index (χ0) is 23.2. The average molecular weight is 447 g/mol. The molecule has 2 N–H and O–H groups in total. The number of nitrogens with zero attached hydrogens (tertiary/aromatic N) is 2. The molecule has 33 heavy (non-hydrogen) atoms. The molecule has 2 aromatic carbocycles. The van der Waals surface area contributed by atoms with Crippen molar-refractivity contribution in [2.45, 2.75) is 52.1 Å². The number of rotatable bonds is 7. The number of fused-ring (bicyclic) bond motifs is 1. The lowest BCUT2D eigenvalue weighted by Crippen LogP contribution is -2.47. The van der Waals surface area contributed by atoms with Crippen molar-refractivity contribution in [1.29, 1.82) is 0 Å². The summed E-state index contributed by atoms with van der Waals surface area (Å²) < 4.78 is 2.25. The molecule has 6 heteroatoms. The molecule has 0 bridgehead atoms. The molecule has 0 unspecified atom stereocenters. The van der Waals surface area contributed by atoms with E-state index in [0.717, 1.165) is 36.9 Å². The Labute approximate surface area is 196 Å². The van der Waals surface area contributed by atoms with Crippen molar-refractivity contribution in [2.24, 2.45) is 5.92 Å². The van der Waals surface area contributed by atoms with Gasteiger partial charge in [-0.3, -0.25) is 4.79 Å². The van der Waals surface area contributed by atoms with Gasteiger partial charge in [0, 0.05) is 54.9 Å². The van der Waals surface area contributed by atoms with Crippen molar-refractivity contribution in [2.75, 3.05) is 18.4 Å². The van der Waals surface area contributed by atoms with E-state index in [9.17, 15) is 9.59 Å². The topological polar surface area (TPSA) is 66.4 Å². The van der Waals surface area contributed by atoms with Crippen LogP contribution >= 0.6 is 0 Å². The van der Waals surface area contributed by atoms with Crippen LogP contribution in [0.25, 0.3) is 10.9 Å². The van der Waals surface area contributed by atoms with Gasteiger partial charge in [0.15, 0.2) is 0 Å². The summed E-state index contributed by atoms with van der Waals surface area (Å²) in [4.78, 5) is 26.9. The summed E-state index contributed by atoms with van der Waals surface area (Å²) in [6.07, 6.45) is 4.91. The first-order valence-electron chi connectivity index (χ1n) is 12.0. The fourth-order valence-electron chi connectivity index (χ4n) is 4.46. The number of carbonyl (C=O) groups excluding carboxylic acids is 2. The number of likely N-dealkylation sites (tertiary alicyclic amines) is 1. The fraction of sp³-hybridized carbons (Fsp3) is 0.407. The van der Waals surface area contributed by atoms with Crippen LogP contribution in [0, 0.1) is 5.92 Å². The predicted octanol–water partition coefficient (Wildman–Crippen LogP) is 5.04. The Morgan fingerprint density at radius 2 is 1.79 bits per heavy atom. The molecule has 0 saturated carbocycles. The third kappa shape index (κ3) is 6.15. The summed E-state index contributed by atoms with van der Waals surface area (Å²) in [5.41, 5.74) is 3.17. The first kappa shape index (κ1) is 22.9. The van der Waals surface area contributed by atoms with E-state index in [4.69, 9.17) is 0 Å². The third-order valence-corrected chi connectivity index (χ3v) is 6.21. The van der Waals surface area contributed by atoms with Crippen LogP contribution in [-0.4, -0.2) is 40.5 Å². The zero-order valence-corrected chi connectivity index (χ0v) is 19.6. The Hall–Kier alpha value is -3.28. The fourth-order valence-corrected chi connectivity index (χ4v) is 4.46. The van der Waals surface area contributed by atoms with Crippen molar-refractivity contribution in [3.8, 4) is 0 Å². The molecule has 3 amide bonds. The highest BCUT2D eigenvalue weighted by atomic mass is 16.2. The number of anilines is 1. The van der Waals surface area contributed by atoms with E-state index < -0.39 is 0 Å². The third-order valence-electron chi connectivity index (χ3n) is 6.21. The highest BCUT2D eigenvalue weighted by Gasteiger charge is 2.24. The number of carbonyl (C=O) groups is 2. The van der Waals surface area contributed by atoms with Crippen LogP contribution in [0.15, 0.2) is 60.8 Å². The highest BCUT2D eigenvalue weighted by molar-refractivity contribution is 5.93. The average Bonchev–Trinajstić information content (AvgIpc) is 3.20. The van der Waals surface area contributed by atoms with Gasteiger partial charge in [0.1, 0.15) is 0 Å². The van der Waals surface area contributed by atoms with Crippen LogP contribution in [0.4, 0.5) is 10.5 Å². The minimum absolute atomic E-state index is 0.0789. The van der Waals surface area contributed by atoms with Gasteiger partial charge in [-0.1, -0.05) is 44.2 Å². The molecule has 2 heterocycles. The molecule has 1 fully saturated rings. The standard InChI is InChI=1S/C27H34N4O2/c1-20(2)19-31-15-12-22-18-24(9-10-25(22)31)29-27(33)30-16-13-23(14-17-30)28-26(32)11-8-21-6-4-3-5-7-21/h3-7,9-10,12,15,18,20,23H,8,11,13-14,16-17,19H2,1-2H3,(H,28,32)(H,29,33). The zero-order valence-electron chi connectivity index (χ0n) is 19.6. The molecule has 1 saturated heterocycles. The van der Waals surface area contributed by atoms with E-state index in [2.05, 4.69) is 47.4 Å². The first-order valence-corrected chi connectivity index (χ1v) is 12.0. The number of urea groups is 1. The maximum Gasteiger partial charge on any atom is 0.321 e. The molecule has 3 aromatic rings. The molecule has 0 aliphatic carbocycles. The van der Waals surface area contributed by atoms with Gasteiger partial charge in [-0.2, -0.15) is 0 Å². The maximum absolute atomic E-state index is 12.8.